The maximum absolute atomic E-state index is 12.3. The number of carbonyl (C=O) groups is 2. The van der Waals surface area contributed by atoms with E-state index in [0.29, 0.717) is 29.8 Å². The third kappa shape index (κ3) is 5.54. The second-order valence-electron chi connectivity index (χ2n) is 4.56. The lowest BCUT2D eigenvalue weighted by Crippen LogP contribution is -2.21. The van der Waals surface area contributed by atoms with Crippen LogP contribution in [-0.2, 0) is 11.3 Å². The monoisotopic (exact) mass is 350 g/mol. The Morgan fingerprint density at radius 3 is 2.54 bits per heavy atom. The van der Waals surface area contributed by atoms with Crippen LogP contribution in [0.15, 0.2) is 30.1 Å². The van der Waals surface area contributed by atoms with Crippen LogP contribution in [0.5, 0.6) is 5.75 Å². The van der Waals surface area contributed by atoms with Crippen molar-refractivity contribution in [2.45, 2.75) is 12.7 Å². The molecule has 1 aliphatic heterocycles. The summed E-state index contributed by atoms with van der Waals surface area (Å²) in [6, 6.07) is 5.17. The number of nitrogens with two attached hydrogens (primary N) is 1. The first kappa shape index (κ1) is 19.4. The van der Waals surface area contributed by atoms with Crippen molar-refractivity contribution in [2.24, 2.45) is 5.73 Å². The molecule has 132 valence electrons. The number of ether oxygens (including phenoxy) is 1. The summed E-state index contributed by atoms with van der Waals surface area (Å²) in [5.74, 6) is -2.22. The smallest absolute Gasteiger partial charge is 0.489 e. The normalized spacial score (nSPS) is 13.5. The zero-order chi connectivity index (χ0) is 18.3. The van der Waals surface area contributed by atoms with Crippen LogP contribution in [0.3, 0.4) is 0 Å². The number of fused-ring (bicyclic) bond motifs is 1. The van der Waals surface area contributed by atoms with Gasteiger partial charge in [-0.25, -0.2) is 9.18 Å². The highest BCUT2D eigenvalue weighted by atomic mass is 19.4. The molecule has 0 saturated carbocycles. The molecule has 0 spiro atoms. The van der Waals surface area contributed by atoms with E-state index in [1.54, 1.807) is 18.2 Å². The van der Waals surface area contributed by atoms with E-state index in [9.17, 15) is 22.4 Å². The van der Waals surface area contributed by atoms with Gasteiger partial charge in [0.2, 0.25) is 0 Å². The number of carbonyl (C=O) groups excluding carboxylic acids is 1. The molecule has 0 bridgehead atoms. The average Bonchev–Trinajstić information content (AvgIpc) is 2.89. The van der Waals surface area contributed by atoms with Crippen molar-refractivity contribution in [3.05, 3.63) is 41.2 Å². The Morgan fingerprint density at radius 1 is 1.42 bits per heavy atom. The zero-order valence-corrected chi connectivity index (χ0v) is 12.2. The highest BCUT2D eigenvalue weighted by Crippen LogP contribution is 2.22. The van der Waals surface area contributed by atoms with E-state index < -0.39 is 12.1 Å². The maximum atomic E-state index is 12.3. The van der Waals surface area contributed by atoms with Gasteiger partial charge in [0.1, 0.15) is 12.4 Å². The van der Waals surface area contributed by atoms with Crippen molar-refractivity contribution in [3.8, 4) is 5.75 Å². The molecule has 6 nitrogen and oxygen atoms in total. The number of carboxylic acid groups (broad SMARTS) is 1. The van der Waals surface area contributed by atoms with Crippen LogP contribution in [0.2, 0.25) is 0 Å². The van der Waals surface area contributed by atoms with Gasteiger partial charge in [0.05, 0.1) is 6.33 Å². The molecule has 0 fully saturated rings. The van der Waals surface area contributed by atoms with Gasteiger partial charge in [0, 0.05) is 24.2 Å². The van der Waals surface area contributed by atoms with E-state index in [0.717, 1.165) is 5.56 Å². The number of carboxylic acids is 1. The molecule has 1 aliphatic rings. The van der Waals surface area contributed by atoms with Crippen LogP contribution < -0.4 is 15.8 Å². The summed E-state index contributed by atoms with van der Waals surface area (Å²) in [5.41, 5.74) is 7.26. The van der Waals surface area contributed by atoms with Crippen molar-refractivity contribution in [2.75, 3.05) is 13.2 Å². The Kier molecular flexibility index (Phi) is 6.71. The minimum absolute atomic E-state index is 0.0714. The summed E-state index contributed by atoms with van der Waals surface area (Å²) >= 11 is 0. The Morgan fingerprint density at radius 2 is 2.04 bits per heavy atom. The van der Waals surface area contributed by atoms with Gasteiger partial charge in [-0.1, -0.05) is 0 Å². The van der Waals surface area contributed by atoms with Crippen molar-refractivity contribution in [1.29, 1.82) is 0 Å². The molecular formula is C14H14F4N2O4. The fourth-order valence-electron chi connectivity index (χ4n) is 1.61. The third-order valence-electron chi connectivity index (χ3n) is 2.84. The van der Waals surface area contributed by atoms with Crippen molar-refractivity contribution >= 4 is 11.9 Å². The minimum atomic E-state index is -5.08. The summed E-state index contributed by atoms with van der Waals surface area (Å²) < 4.78 is 49.4. The lowest BCUT2D eigenvalue weighted by atomic mass is 10.1. The number of alkyl halides is 3. The average molecular weight is 350 g/mol. The van der Waals surface area contributed by atoms with Gasteiger partial charge < -0.3 is 20.9 Å². The van der Waals surface area contributed by atoms with Crippen LogP contribution >= 0.6 is 0 Å². The number of amides is 1. The molecule has 0 atom stereocenters. The lowest BCUT2D eigenvalue weighted by molar-refractivity contribution is -0.192. The van der Waals surface area contributed by atoms with Crippen LogP contribution in [0, 0.1) is 0 Å². The van der Waals surface area contributed by atoms with Gasteiger partial charge in [-0.2, -0.15) is 13.2 Å². The molecule has 24 heavy (non-hydrogen) atoms. The number of nitrogens with one attached hydrogen (secondary N) is 1. The molecule has 0 unspecified atom stereocenters. The summed E-state index contributed by atoms with van der Waals surface area (Å²) in [5, 5.41) is 9.84. The predicted molar refractivity (Wildman–Crippen MR) is 75.0 cm³/mol. The fraction of sp³-hybridized carbons (Fsp3) is 0.286. The standard InChI is InChI=1S/C12H13FN2O2.C2HF3O2/c13-4-8(5-14)7-17-10-1-2-11-9(3-10)6-15-12(11)16;3-2(4,5)1(6)7/h1-4H,5-7,14H2,(H,15,16);(H,6,7)/b8-4-;. The van der Waals surface area contributed by atoms with Gasteiger partial charge in [-0.05, 0) is 23.8 Å². The molecule has 0 radical (unpaired) electrons. The largest absolute Gasteiger partial charge is 0.490 e. The minimum Gasteiger partial charge on any atom is -0.489 e. The van der Waals surface area contributed by atoms with E-state index in [2.05, 4.69) is 5.32 Å². The summed E-state index contributed by atoms with van der Waals surface area (Å²) in [6.07, 6.45) is -4.63. The number of aliphatic carboxylic acids is 1. The highest BCUT2D eigenvalue weighted by Gasteiger charge is 2.38. The first-order chi connectivity index (χ1) is 11.2. The first-order valence-corrected chi connectivity index (χ1v) is 6.51. The molecule has 0 saturated heterocycles. The molecule has 2 rings (SSSR count). The van der Waals surface area contributed by atoms with Crippen molar-refractivity contribution in [1.82, 2.24) is 5.32 Å². The Bertz CT molecular complexity index is 644. The quantitative estimate of drug-likeness (QED) is 0.718. The number of rotatable bonds is 4. The van der Waals surface area contributed by atoms with Gasteiger partial charge >= 0.3 is 12.1 Å². The zero-order valence-electron chi connectivity index (χ0n) is 12.2. The molecule has 4 N–H and O–H groups in total. The summed E-state index contributed by atoms with van der Waals surface area (Å²) in [7, 11) is 0. The molecule has 1 aromatic rings. The Labute approximate surface area is 133 Å². The van der Waals surface area contributed by atoms with E-state index in [1.807, 2.05) is 0 Å². The number of hydrogen-bond donors (Lipinski definition) is 3. The number of benzene rings is 1. The highest BCUT2D eigenvalue weighted by molar-refractivity contribution is 5.98. The van der Waals surface area contributed by atoms with Crippen LogP contribution in [0.4, 0.5) is 17.6 Å². The second-order valence-corrected chi connectivity index (χ2v) is 4.56. The molecule has 0 aliphatic carbocycles. The molecule has 0 aromatic heterocycles. The second kappa shape index (κ2) is 8.29. The molecule has 1 heterocycles. The van der Waals surface area contributed by atoms with Gasteiger partial charge in [0.15, 0.2) is 0 Å². The first-order valence-electron chi connectivity index (χ1n) is 6.51. The molecule has 1 aromatic carbocycles. The van der Waals surface area contributed by atoms with E-state index in [4.69, 9.17) is 20.4 Å². The molecule has 1 amide bonds. The third-order valence-corrected chi connectivity index (χ3v) is 2.84. The van der Waals surface area contributed by atoms with Gasteiger partial charge in [0.25, 0.3) is 5.91 Å². The molecular weight excluding hydrogens is 336 g/mol. The summed E-state index contributed by atoms with van der Waals surface area (Å²) in [6.45, 7) is 0.753. The van der Waals surface area contributed by atoms with E-state index >= 15 is 0 Å². The van der Waals surface area contributed by atoms with E-state index in [-0.39, 0.29) is 19.1 Å². The fourth-order valence-corrected chi connectivity index (χ4v) is 1.61. The Balaban J connectivity index is 0.000000351. The maximum Gasteiger partial charge on any atom is 0.490 e. The van der Waals surface area contributed by atoms with Crippen LogP contribution in [-0.4, -0.2) is 36.3 Å². The number of halogens is 4. The molecule has 10 heteroatoms. The van der Waals surface area contributed by atoms with Gasteiger partial charge in [-0.3, -0.25) is 4.79 Å². The number of hydrogen-bond acceptors (Lipinski definition) is 4. The topological polar surface area (TPSA) is 102 Å². The van der Waals surface area contributed by atoms with Crippen LogP contribution in [0.25, 0.3) is 0 Å². The van der Waals surface area contributed by atoms with Crippen molar-refractivity contribution < 1.29 is 37.0 Å². The lowest BCUT2D eigenvalue weighted by Gasteiger charge is -2.08. The van der Waals surface area contributed by atoms with E-state index in [1.165, 1.54) is 0 Å². The van der Waals surface area contributed by atoms with Crippen LogP contribution in [0.1, 0.15) is 15.9 Å². The van der Waals surface area contributed by atoms with Crippen molar-refractivity contribution in [3.63, 3.8) is 0 Å². The summed E-state index contributed by atoms with van der Waals surface area (Å²) in [4.78, 5) is 20.2. The predicted octanol–water partition coefficient (Wildman–Crippen LogP) is 1.75. The Hall–Kier alpha value is -2.62. The SMILES string of the molecule is NC/C(=C/F)COc1ccc2c(c1)CNC2=O.O=C(O)C(F)(F)F. The van der Waals surface area contributed by atoms with Gasteiger partial charge in [-0.15, -0.1) is 0 Å².